The lowest BCUT2D eigenvalue weighted by molar-refractivity contribution is 0.0953. The summed E-state index contributed by atoms with van der Waals surface area (Å²) in [5.41, 5.74) is 0.602. The van der Waals surface area contributed by atoms with Crippen molar-refractivity contribution in [1.29, 1.82) is 0 Å². The summed E-state index contributed by atoms with van der Waals surface area (Å²) in [6.45, 7) is 1.69. The van der Waals surface area contributed by atoms with Crippen molar-refractivity contribution >= 4 is 28.9 Å². The van der Waals surface area contributed by atoms with E-state index >= 15 is 0 Å². The molecule has 3 aromatic rings. The summed E-state index contributed by atoms with van der Waals surface area (Å²) in [6, 6.07) is 9.31. The van der Waals surface area contributed by atoms with Crippen LogP contribution < -0.4 is 9.47 Å². The average Bonchev–Trinajstić information content (AvgIpc) is 3.53. The van der Waals surface area contributed by atoms with Crippen LogP contribution in [0.1, 0.15) is 23.2 Å². The van der Waals surface area contributed by atoms with Crippen molar-refractivity contribution < 1.29 is 19.0 Å². The predicted octanol–water partition coefficient (Wildman–Crippen LogP) is 3.89. The fourth-order valence-electron chi connectivity index (χ4n) is 3.42. The van der Waals surface area contributed by atoms with E-state index in [-0.39, 0.29) is 24.4 Å². The Bertz CT molecular complexity index is 1010. The first-order chi connectivity index (χ1) is 14.3. The van der Waals surface area contributed by atoms with Crippen molar-refractivity contribution in [2.24, 2.45) is 0 Å². The lowest BCUT2D eigenvalue weighted by atomic mass is 10.1. The molecule has 0 aliphatic carbocycles. The van der Waals surface area contributed by atoms with Crippen LogP contribution in [0.3, 0.4) is 0 Å². The molecule has 1 saturated heterocycles. The summed E-state index contributed by atoms with van der Waals surface area (Å²) >= 11 is 3.03. The van der Waals surface area contributed by atoms with Crippen LogP contribution in [0.4, 0.5) is 0 Å². The van der Waals surface area contributed by atoms with Crippen molar-refractivity contribution in [1.82, 2.24) is 14.8 Å². The third-order valence-corrected chi connectivity index (χ3v) is 6.73. The number of Topliss-reactive ketones (excluding diaryl/α,β-unsaturated/α-hetero) is 1. The molecule has 29 heavy (non-hydrogen) atoms. The van der Waals surface area contributed by atoms with Crippen LogP contribution in [-0.2, 0) is 11.3 Å². The quantitative estimate of drug-likeness (QED) is 0.417. The molecule has 1 fully saturated rings. The Kier molecular flexibility index (Phi) is 5.26. The zero-order valence-corrected chi connectivity index (χ0v) is 17.2. The van der Waals surface area contributed by atoms with Gasteiger partial charge in [-0.3, -0.25) is 9.36 Å². The van der Waals surface area contributed by atoms with Gasteiger partial charge in [-0.05, 0) is 42.5 Å². The molecular weight excluding hydrogens is 410 g/mol. The first kappa shape index (κ1) is 18.7. The Labute approximate surface area is 176 Å². The molecule has 9 heteroatoms. The van der Waals surface area contributed by atoms with Crippen LogP contribution in [-0.4, -0.2) is 45.8 Å². The molecule has 0 N–H and O–H groups in total. The smallest absolute Gasteiger partial charge is 0.231 e. The van der Waals surface area contributed by atoms with Crippen molar-refractivity contribution in [3.8, 4) is 22.2 Å². The monoisotopic (exact) mass is 429 g/mol. The lowest BCUT2D eigenvalue weighted by Gasteiger charge is -2.14. The van der Waals surface area contributed by atoms with Crippen LogP contribution in [0.2, 0.25) is 0 Å². The number of thioether (sulfide) groups is 1. The van der Waals surface area contributed by atoms with Crippen molar-refractivity contribution in [2.45, 2.75) is 30.6 Å². The number of benzene rings is 1. The Morgan fingerprint density at radius 2 is 2.17 bits per heavy atom. The van der Waals surface area contributed by atoms with E-state index in [9.17, 15) is 4.79 Å². The largest absolute Gasteiger partial charge is 0.454 e. The summed E-state index contributed by atoms with van der Waals surface area (Å²) < 4.78 is 18.6. The molecule has 7 nitrogen and oxygen atoms in total. The maximum atomic E-state index is 12.7. The number of aromatic nitrogens is 3. The number of rotatable bonds is 7. The van der Waals surface area contributed by atoms with Crippen LogP contribution in [0.5, 0.6) is 11.5 Å². The fraction of sp³-hybridized carbons (Fsp3) is 0.350. The van der Waals surface area contributed by atoms with Gasteiger partial charge in [0.2, 0.25) is 6.79 Å². The zero-order chi connectivity index (χ0) is 19.6. The van der Waals surface area contributed by atoms with Gasteiger partial charge in [0.1, 0.15) is 0 Å². The second kappa shape index (κ2) is 8.17. The second-order valence-corrected chi connectivity index (χ2v) is 8.70. The molecule has 0 bridgehead atoms. The number of hydrogen-bond acceptors (Lipinski definition) is 8. The van der Waals surface area contributed by atoms with E-state index in [1.165, 1.54) is 11.8 Å². The Morgan fingerprint density at radius 3 is 3.00 bits per heavy atom. The number of carbonyl (C=O) groups excluding carboxylic acids is 1. The van der Waals surface area contributed by atoms with Gasteiger partial charge in [0.05, 0.1) is 23.3 Å². The normalized spacial score (nSPS) is 17.7. The van der Waals surface area contributed by atoms with Gasteiger partial charge in [-0.25, -0.2) is 0 Å². The predicted molar refractivity (Wildman–Crippen MR) is 110 cm³/mol. The summed E-state index contributed by atoms with van der Waals surface area (Å²) in [7, 11) is 0. The van der Waals surface area contributed by atoms with Crippen LogP contribution in [0, 0.1) is 0 Å². The lowest BCUT2D eigenvalue weighted by Crippen LogP contribution is -2.17. The van der Waals surface area contributed by atoms with E-state index in [4.69, 9.17) is 14.2 Å². The van der Waals surface area contributed by atoms with Gasteiger partial charge in [-0.2, -0.15) is 0 Å². The summed E-state index contributed by atoms with van der Waals surface area (Å²) in [4.78, 5) is 13.8. The van der Waals surface area contributed by atoms with E-state index in [0.717, 1.165) is 35.3 Å². The maximum absolute atomic E-state index is 12.7. The topological polar surface area (TPSA) is 75.5 Å². The van der Waals surface area contributed by atoms with Gasteiger partial charge >= 0.3 is 0 Å². The number of ether oxygens (including phenoxy) is 3. The molecule has 0 radical (unpaired) electrons. The minimum absolute atomic E-state index is 0.0117. The molecule has 150 valence electrons. The molecule has 2 aromatic heterocycles. The number of ketones is 1. The maximum Gasteiger partial charge on any atom is 0.231 e. The van der Waals surface area contributed by atoms with Crippen molar-refractivity contribution in [3.05, 3.63) is 41.3 Å². The minimum Gasteiger partial charge on any atom is -0.454 e. The molecule has 4 heterocycles. The highest BCUT2D eigenvalue weighted by atomic mass is 32.2. The van der Waals surface area contributed by atoms with Crippen LogP contribution >= 0.6 is 23.1 Å². The van der Waals surface area contributed by atoms with Crippen LogP contribution in [0.25, 0.3) is 10.7 Å². The van der Waals surface area contributed by atoms with E-state index in [0.29, 0.717) is 23.6 Å². The Morgan fingerprint density at radius 1 is 1.24 bits per heavy atom. The van der Waals surface area contributed by atoms with Crippen molar-refractivity contribution in [3.63, 3.8) is 0 Å². The van der Waals surface area contributed by atoms with Gasteiger partial charge < -0.3 is 14.2 Å². The van der Waals surface area contributed by atoms with Crippen LogP contribution in [0.15, 0.2) is 40.9 Å². The fourth-order valence-corrected chi connectivity index (χ4v) is 4.98. The molecule has 2 aliphatic heterocycles. The molecule has 5 rings (SSSR count). The third kappa shape index (κ3) is 3.90. The first-order valence-electron chi connectivity index (χ1n) is 9.42. The summed E-state index contributed by atoms with van der Waals surface area (Å²) in [6.07, 6.45) is 2.27. The molecule has 1 atom stereocenters. The third-order valence-electron chi connectivity index (χ3n) is 4.90. The highest BCUT2D eigenvalue weighted by Gasteiger charge is 2.23. The number of nitrogens with zero attached hydrogens (tertiary/aromatic N) is 3. The molecule has 1 aromatic carbocycles. The van der Waals surface area contributed by atoms with E-state index in [1.807, 2.05) is 17.5 Å². The van der Waals surface area contributed by atoms with Gasteiger partial charge in [-0.1, -0.05) is 17.8 Å². The minimum atomic E-state index is 0.0117. The van der Waals surface area contributed by atoms with E-state index in [1.54, 1.807) is 29.5 Å². The van der Waals surface area contributed by atoms with Gasteiger partial charge in [0.25, 0.3) is 0 Å². The van der Waals surface area contributed by atoms with Gasteiger partial charge in [0.15, 0.2) is 28.3 Å². The number of carbonyl (C=O) groups is 1. The molecule has 0 amide bonds. The number of thiophene rings is 1. The summed E-state index contributed by atoms with van der Waals surface area (Å²) in [5.74, 6) is 2.40. The molecular formula is C20H19N3O4S2. The van der Waals surface area contributed by atoms with E-state index in [2.05, 4.69) is 14.8 Å². The Hall–Kier alpha value is -2.36. The Balaban J connectivity index is 1.34. The molecule has 0 unspecified atom stereocenters. The number of hydrogen-bond donors (Lipinski definition) is 0. The zero-order valence-electron chi connectivity index (χ0n) is 15.6. The van der Waals surface area contributed by atoms with Gasteiger partial charge in [-0.15, -0.1) is 21.5 Å². The van der Waals surface area contributed by atoms with Crippen molar-refractivity contribution in [2.75, 3.05) is 19.2 Å². The standard InChI is InChI=1S/C20H19N3O4S2/c24-15(13-5-6-16-17(9-13)27-12-26-16)11-29-20-22-21-19(18-4-2-8-28-18)23(20)10-14-3-1-7-25-14/h2,4-6,8-9,14H,1,3,7,10-12H2/t14-/m0/s1. The average molecular weight is 430 g/mol. The van der Waals surface area contributed by atoms with E-state index < -0.39 is 0 Å². The van der Waals surface area contributed by atoms with Gasteiger partial charge in [0, 0.05) is 12.2 Å². The highest BCUT2D eigenvalue weighted by molar-refractivity contribution is 7.99. The molecule has 2 aliphatic rings. The summed E-state index contributed by atoms with van der Waals surface area (Å²) in [5, 5.41) is 11.5. The molecule has 0 spiro atoms. The number of fused-ring (bicyclic) bond motifs is 1. The SMILES string of the molecule is O=C(CSc1nnc(-c2cccs2)n1C[C@@H]1CCCO1)c1ccc2c(c1)OCO2. The second-order valence-electron chi connectivity index (χ2n) is 6.81. The highest BCUT2D eigenvalue weighted by Crippen LogP contribution is 2.33. The first-order valence-corrected chi connectivity index (χ1v) is 11.3. The molecule has 0 saturated carbocycles.